The molecule has 72 heavy (non-hydrogen) atoms. The average molecular weight is 982 g/mol. The van der Waals surface area contributed by atoms with Crippen LogP contribution >= 0.6 is 0 Å². The average Bonchev–Trinajstić information content (AvgIpc) is 3.65. The normalized spacial score (nSPS) is 15.8. The van der Waals surface area contributed by atoms with Crippen molar-refractivity contribution in [3.63, 3.8) is 0 Å². The first-order chi connectivity index (χ1) is 35.3. The van der Waals surface area contributed by atoms with Crippen LogP contribution in [0.3, 0.4) is 0 Å². The topological polar surface area (TPSA) is 134 Å². The SMILES string of the molecule is C=O.CC.CCNC1=C\CCC2=C(/C=N\1)CN(c1cccc(OCCN(CCc3ccccc3)N3CCN(c4cccc(OCCN(C)Cc5ccccc5)c4)C(=O)c4cnc(NCC)nc43)c1)CCN2C.[HH].[HH]. The number of aliphatic imine (C=N–C) groups is 1. The Balaban J connectivity index is 0.00000193. The lowest BCUT2D eigenvalue weighted by molar-refractivity contribution is -0.0980. The van der Waals surface area contributed by atoms with Crippen LogP contribution in [0.5, 0.6) is 11.5 Å². The maximum Gasteiger partial charge on any atom is 0.263 e. The molecular weight excluding hydrogens is 903 g/mol. The summed E-state index contributed by atoms with van der Waals surface area (Å²) in [5.41, 5.74) is 7.38. The number of nitrogens with zero attached hydrogens (tertiary/aromatic N) is 9. The van der Waals surface area contributed by atoms with Gasteiger partial charge in [-0.05, 0) is 81.6 Å². The smallest absolute Gasteiger partial charge is 0.263 e. The van der Waals surface area contributed by atoms with Gasteiger partial charge in [-0.3, -0.25) is 14.7 Å². The zero-order valence-corrected chi connectivity index (χ0v) is 43.3. The van der Waals surface area contributed by atoms with Crippen LogP contribution in [-0.4, -0.2) is 136 Å². The van der Waals surface area contributed by atoms with Crippen molar-refractivity contribution in [3.05, 3.63) is 155 Å². The number of nitrogens with one attached hydrogen (secondary N) is 2. The molecule has 15 heteroatoms. The quantitative estimate of drug-likeness (QED) is 0.0769. The monoisotopic (exact) mass is 982 g/mol. The summed E-state index contributed by atoms with van der Waals surface area (Å²) in [6.07, 6.45) is 8.63. The molecule has 8 rings (SSSR count). The summed E-state index contributed by atoms with van der Waals surface area (Å²) < 4.78 is 12.9. The number of fused-ring (bicyclic) bond motifs is 1. The maximum absolute atomic E-state index is 14.7. The largest absolute Gasteiger partial charge is 0.492 e. The van der Waals surface area contributed by atoms with Gasteiger partial charge >= 0.3 is 0 Å². The molecule has 3 aliphatic heterocycles. The van der Waals surface area contributed by atoms with Gasteiger partial charge in [0.2, 0.25) is 5.95 Å². The molecule has 0 aliphatic carbocycles. The molecular formula is C57H79N11O4. The van der Waals surface area contributed by atoms with Gasteiger partial charge in [0.05, 0.1) is 13.1 Å². The zero-order valence-electron chi connectivity index (χ0n) is 43.3. The van der Waals surface area contributed by atoms with Gasteiger partial charge in [-0.1, -0.05) is 86.6 Å². The molecule has 3 aliphatic rings. The number of carbonyl (C=O) groups excluding carboxylic acids is 2. The minimum atomic E-state index is -0.163. The van der Waals surface area contributed by atoms with Crippen molar-refractivity contribution < 1.29 is 21.9 Å². The summed E-state index contributed by atoms with van der Waals surface area (Å²) in [6, 6.07) is 37.2. The second-order valence-corrected chi connectivity index (χ2v) is 17.4. The number of hydrogen-bond donors (Lipinski definition) is 2. The van der Waals surface area contributed by atoms with Gasteiger partial charge in [0.1, 0.15) is 42.9 Å². The highest BCUT2D eigenvalue weighted by Gasteiger charge is 2.33. The first-order valence-electron chi connectivity index (χ1n) is 25.5. The fraction of sp³-hybridized carbons (Fsp3) is 0.386. The first-order valence-corrected chi connectivity index (χ1v) is 25.5. The number of rotatable bonds is 20. The van der Waals surface area contributed by atoms with Crippen molar-refractivity contribution in [3.8, 4) is 11.5 Å². The number of amides is 1. The highest BCUT2D eigenvalue weighted by atomic mass is 16.5. The Morgan fingerprint density at radius 2 is 1.43 bits per heavy atom. The summed E-state index contributed by atoms with van der Waals surface area (Å²) in [6.45, 7) is 18.8. The minimum absolute atomic E-state index is 0. The van der Waals surface area contributed by atoms with Gasteiger partial charge in [0, 0.05) is 116 Å². The Labute approximate surface area is 430 Å². The van der Waals surface area contributed by atoms with Gasteiger partial charge in [-0.25, -0.2) is 15.0 Å². The summed E-state index contributed by atoms with van der Waals surface area (Å²) >= 11 is 0. The first kappa shape index (κ1) is 54.1. The van der Waals surface area contributed by atoms with E-state index in [-0.39, 0.29) is 8.76 Å². The second-order valence-electron chi connectivity index (χ2n) is 17.4. The standard InChI is InChI=1S/C54H67N11O3.C2H6.CH2O.2H2/c1-5-55-51-25-15-24-50-44(38-57-51)41-62(29-28-61(50)4)45-20-13-22-47(36-45)68-35-33-63(27-26-42-16-9-7-10-17-42)65-31-30-64(53(66)49-39-58-54(56-6-2)59-52(49)65)46-21-14-23-48(37-46)67-34-32-60(3)40-43-18-11-8-12-19-43;2*1-2;;/h7-14,16-23,25,36-39,55H,5-6,15,24,26-35,40-41H2,1-4H3,(H,56,58,59);1-2H3;1H2;2*1H/b51-25+,57-38-;;;;. The Kier molecular flexibility index (Phi) is 21.5. The van der Waals surface area contributed by atoms with Gasteiger partial charge in [-0.15, -0.1) is 0 Å². The number of likely N-dealkylation sites (N-methyl/N-ethyl adjacent to an activating group) is 2. The van der Waals surface area contributed by atoms with Crippen LogP contribution in [0.25, 0.3) is 0 Å². The van der Waals surface area contributed by atoms with Crippen molar-refractivity contribution in [2.75, 3.05) is 113 Å². The number of aromatic nitrogens is 2. The van der Waals surface area contributed by atoms with Crippen molar-refractivity contribution in [2.45, 2.75) is 53.5 Å². The Morgan fingerprint density at radius 1 is 0.764 bits per heavy atom. The van der Waals surface area contributed by atoms with Crippen LogP contribution in [-0.2, 0) is 17.8 Å². The maximum atomic E-state index is 14.7. The second kappa shape index (κ2) is 28.6. The zero-order chi connectivity index (χ0) is 51.1. The number of carbonyl (C=O) groups is 2. The van der Waals surface area contributed by atoms with E-state index in [0.29, 0.717) is 69.0 Å². The summed E-state index contributed by atoms with van der Waals surface area (Å²) in [4.78, 5) is 46.0. The number of allylic oxidation sites excluding steroid dienone is 2. The summed E-state index contributed by atoms with van der Waals surface area (Å²) in [5.74, 6) is 3.34. The lowest BCUT2D eigenvalue weighted by Crippen LogP contribution is -2.48. The van der Waals surface area contributed by atoms with E-state index in [4.69, 9.17) is 24.2 Å². The van der Waals surface area contributed by atoms with E-state index in [2.05, 4.69) is 134 Å². The molecule has 0 spiro atoms. The molecule has 0 saturated carbocycles. The van der Waals surface area contributed by atoms with E-state index in [1.807, 2.05) is 81.1 Å². The van der Waals surface area contributed by atoms with Crippen LogP contribution in [0.4, 0.5) is 23.1 Å². The van der Waals surface area contributed by atoms with E-state index in [1.54, 1.807) is 6.20 Å². The molecule has 0 bridgehead atoms. The van der Waals surface area contributed by atoms with E-state index in [9.17, 15) is 4.79 Å². The van der Waals surface area contributed by atoms with Gasteiger partial charge in [0.15, 0.2) is 5.82 Å². The van der Waals surface area contributed by atoms with E-state index >= 15 is 0 Å². The predicted octanol–water partition coefficient (Wildman–Crippen LogP) is 9.08. The van der Waals surface area contributed by atoms with Gasteiger partial charge < -0.3 is 39.6 Å². The van der Waals surface area contributed by atoms with Gasteiger partial charge in [-0.2, -0.15) is 4.98 Å². The lowest BCUT2D eigenvalue weighted by Gasteiger charge is -2.36. The molecule has 4 aromatic carbocycles. The van der Waals surface area contributed by atoms with E-state index < -0.39 is 0 Å². The van der Waals surface area contributed by atoms with Crippen LogP contribution in [0.1, 0.15) is 64.9 Å². The van der Waals surface area contributed by atoms with Crippen molar-refractivity contribution >= 4 is 42.1 Å². The fourth-order valence-electron chi connectivity index (χ4n) is 8.92. The number of benzene rings is 4. The Bertz CT molecular complexity index is 2550. The molecule has 386 valence electrons. The highest BCUT2D eigenvalue weighted by Crippen LogP contribution is 2.31. The van der Waals surface area contributed by atoms with Crippen molar-refractivity contribution in [2.24, 2.45) is 4.99 Å². The van der Waals surface area contributed by atoms with E-state index in [0.717, 1.165) is 81.5 Å². The summed E-state index contributed by atoms with van der Waals surface area (Å²) in [5, 5.41) is 11.1. The fourth-order valence-corrected chi connectivity index (χ4v) is 8.92. The molecule has 1 amide bonds. The molecule has 5 aromatic rings. The molecule has 4 heterocycles. The Hall–Kier alpha value is -7.23. The molecule has 0 saturated heterocycles. The third-order valence-corrected chi connectivity index (χ3v) is 12.5. The number of hydrazine groups is 1. The third-order valence-electron chi connectivity index (χ3n) is 12.5. The van der Waals surface area contributed by atoms with Gasteiger partial charge in [0.25, 0.3) is 5.91 Å². The Morgan fingerprint density at radius 3 is 2.14 bits per heavy atom. The van der Waals surface area contributed by atoms with Crippen molar-refractivity contribution in [1.82, 2.24) is 30.1 Å². The van der Waals surface area contributed by atoms with Crippen LogP contribution in [0.15, 0.2) is 144 Å². The molecule has 0 atom stereocenters. The van der Waals surface area contributed by atoms with Crippen molar-refractivity contribution in [1.29, 1.82) is 0 Å². The molecule has 2 N–H and O–H groups in total. The molecule has 1 aromatic heterocycles. The molecule has 0 unspecified atom stereocenters. The summed E-state index contributed by atoms with van der Waals surface area (Å²) in [7, 11) is 4.29. The number of hydrogen-bond acceptors (Lipinski definition) is 14. The molecule has 0 radical (unpaired) electrons. The molecule has 0 fully saturated rings. The molecule has 15 nitrogen and oxygen atoms in total. The lowest BCUT2D eigenvalue weighted by atomic mass is 10.1. The minimum Gasteiger partial charge on any atom is -0.492 e. The number of anilines is 4. The van der Waals surface area contributed by atoms with Crippen LogP contribution < -0.4 is 34.9 Å². The highest BCUT2D eigenvalue weighted by molar-refractivity contribution is 6.09. The third kappa shape index (κ3) is 15.1. The predicted molar refractivity (Wildman–Crippen MR) is 298 cm³/mol. The number of ether oxygens (including phenoxy) is 2. The van der Waals surface area contributed by atoms with Crippen LogP contribution in [0, 0.1) is 0 Å². The van der Waals surface area contributed by atoms with Crippen LogP contribution in [0.2, 0.25) is 0 Å². The van der Waals surface area contributed by atoms with E-state index in [1.165, 1.54) is 22.4 Å².